The van der Waals surface area contributed by atoms with E-state index in [-0.39, 0.29) is 5.91 Å². The lowest BCUT2D eigenvalue weighted by Gasteiger charge is -2.13. The summed E-state index contributed by atoms with van der Waals surface area (Å²) >= 11 is 12.1. The van der Waals surface area contributed by atoms with Gasteiger partial charge in [-0.1, -0.05) is 60.5 Å². The summed E-state index contributed by atoms with van der Waals surface area (Å²) in [6.45, 7) is 4.08. The van der Waals surface area contributed by atoms with Crippen molar-refractivity contribution in [3.05, 3.63) is 63.1 Å². The minimum absolute atomic E-state index is 0.0138. The van der Waals surface area contributed by atoms with Crippen LogP contribution in [0.4, 0.5) is 5.69 Å². The van der Waals surface area contributed by atoms with Gasteiger partial charge in [-0.3, -0.25) is 4.79 Å². The van der Waals surface area contributed by atoms with Crippen LogP contribution in [0.2, 0.25) is 10.0 Å². The van der Waals surface area contributed by atoms with Crippen LogP contribution < -0.4 is 5.32 Å². The van der Waals surface area contributed by atoms with Crippen LogP contribution in [-0.4, -0.2) is 5.91 Å². The van der Waals surface area contributed by atoms with E-state index in [1.165, 1.54) is 0 Å². The molecular formula is C18H19Cl2NO. The Bertz CT molecular complexity index is 683. The molecule has 0 aromatic heterocycles. The zero-order valence-electron chi connectivity index (χ0n) is 12.7. The van der Waals surface area contributed by atoms with Crippen molar-refractivity contribution in [2.75, 3.05) is 5.32 Å². The highest BCUT2D eigenvalue weighted by Gasteiger charge is 2.10. The molecule has 2 nitrogen and oxygen atoms in total. The van der Waals surface area contributed by atoms with Gasteiger partial charge in [0.1, 0.15) is 0 Å². The van der Waals surface area contributed by atoms with Crippen LogP contribution in [0, 0.1) is 6.92 Å². The number of hydrogen-bond acceptors (Lipinski definition) is 1. The van der Waals surface area contributed by atoms with Gasteiger partial charge in [-0.25, -0.2) is 0 Å². The molecule has 0 saturated heterocycles. The van der Waals surface area contributed by atoms with E-state index in [0.717, 1.165) is 28.8 Å². The zero-order chi connectivity index (χ0) is 16.1. The van der Waals surface area contributed by atoms with Gasteiger partial charge < -0.3 is 5.32 Å². The number of hydrogen-bond donors (Lipinski definition) is 1. The Kier molecular flexibility index (Phi) is 5.87. The number of nitrogens with one attached hydrogen (secondary N) is 1. The first-order valence-corrected chi connectivity index (χ1v) is 8.09. The Morgan fingerprint density at radius 2 is 1.77 bits per heavy atom. The van der Waals surface area contributed by atoms with Gasteiger partial charge in [-0.2, -0.15) is 0 Å². The summed E-state index contributed by atoms with van der Waals surface area (Å²) in [5.74, 6) is -0.0138. The van der Waals surface area contributed by atoms with Gasteiger partial charge in [0, 0.05) is 12.1 Å². The lowest BCUT2D eigenvalue weighted by atomic mass is 10.1. The van der Waals surface area contributed by atoms with Gasteiger partial charge in [-0.05, 0) is 42.5 Å². The highest BCUT2D eigenvalue weighted by molar-refractivity contribution is 6.42. The van der Waals surface area contributed by atoms with Crippen LogP contribution in [0.3, 0.4) is 0 Å². The summed E-state index contributed by atoms with van der Waals surface area (Å²) in [5.41, 5.74) is 4.04. The number of carbonyl (C=O) groups is 1. The van der Waals surface area contributed by atoms with Crippen LogP contribution in [0.15, 0.2) is 36.4 Å². The van der Waals surface area contributed by atoms with Gasteiger partial charge in [0.25, 0.3) is 0 Å². The van der Waals surface area contributed by atoms with Crippen molar-refractivity contribution >= 4 is 34.8 Å². The van der Waals surface area contributed by atoms with Gasteiger partial charge in [-0.15, -0.1) is 0 Å². The number of benzene rings is 2. The Morgan fingerprint density at radius 3 is 2.50 bits per heavy atom. The van der Waals surface area contributed by atoms with E-state index in [2.05, 4.69) is 12.2 Å². The lowest BCUT2D eigenvalue weighted by Crippen LogP contribution is -2.14. The van der Waals surface area contributed by atoms with E-state index in [4.69, 9.17) is 23.2 Å². The fraction of sp³-hybridized carbons (Fsp3) is 0.278. The molecule has 2 aromatic carbocycles. The molecule has 0 aliphatic heterocycles. The Balaban J connectivity index is 2.04. The highest BCUT2D eigenvalue weighted by atomic mass is 35.5. The molecular weight excluding hydrogens is 317 g/mol. The molecule has 0 atom stereocenters. The smallest absolute Gasteiger partial charge is 0.224 e. The molecule has 1 N–H and O–H groups in total. The van der Waals surface area contributed by atoms with Crippen molar-refractivity contribution < 1.29 is 4.79 Å². The molecule has 4 heteroatoms. The first-order valence-electron chi connectivity index (χ1n) is 7.34. The Hall–Kier alpha value is -1.51. The quantitative estimate of drug-likeness (QED) is 0.774. The zero-order valence-corrected chi connectivity index (χ0v) is 14.3. The van der Waals surface area contributed by atoms with E-state index in [1.54, 1.807) is 6.07 Å². The number of anilines is 1. The van der Waals surface area contributed by atoms with Crippen molar-refractivity contribution in [2.45, 2.75) is 33.1 Å². The molecule has 2 rings (SSSR count). The molecule has 0 unspecified atom stereocenters. The standard InChI is InChI=1S/C18H19Cl2NO/c1-3-13-7-4-6-12(2)18(13)21-16(22)11-10-14-8-5-9-15(19)17(14)20/h4-9H,3,10-11H2,1-2H3,(H,21,22). The van der Waals surface area contributed by atoms with E-state index in [1.807, 2.05) is 37.3 Å². The molecule has 1 amide bonds. The van der Waals surface area contributed by atoms with Crippen LogP contribution in [-0.2, 0) is 17.6 Å². The summed E-state index contributed by atoms with van der Waals surface area (Å²) in [5, 5.41) is 4.07. The molecule has 0 radical (unpaired) electrons. The van der Waals surface area contributed by atoms with Gasteiger partial charge in [0.15, 0.2) is 0 Å². The highest BCUT2D eigenvalue weighted by Crippen LogP contribution is 2.27. The van der Waals surface area contributed by atoms with E-state index in [0.29, 0.717) is 22.9 Å². The number of carbonyl (C=O) groups excluding carboxylic acids is 1. The molecule has 0 aliphatic carbocycles. The van der Waals surface area contributed by atoms with Crippen LogP contribution in [0.25, 0.3) is 0 Å². The van der Waals surface area contributed by atoms with Gasteiger partial charge in [0.2, 0.25) is 5.91 Å². The molecule has 0 fully saturated rings. The SMILES string of the molecule is CCc1cccc(C)c1NC(=O)CCc1cccc(Cl)c1Cl. The normalized spacial score (nSPS) is 10.5. The average molecular weight is 336 g/mol. The van der Waals surface area contributed by atoms with Crippen molar-refractivity contribution in [3.8, 4) is 0 Å². The molecule has 22 heavy (non-hydrogen) atoms. The van der Waals surface area contributed by atoms with Crippen LogP contribution in [0.5, 0.6) is 0 Å². The van der Waals surface area contributed by atoms with E-state index < -0.39 is 0 Å². The maximum atomic E-state index is 12.2. The molecule has 0 saturated carbocycles. The second-order valence-corrected chi connectivity index (χ2v) is 6.01. The topological polar surface area (TPSA) is 29.1 Å². The summed E-state index contributed by atoms with van der Waals surface area (Å²) < 4.78 is 0. The number of rotatable bonds is 5. The summed E-state index contributed by atoms with van der Waals surface area (Å²) in [6.07, 6.45) is 1.83. The first-order chi connectivity index (χ1) is 10.5. The van der Waals surface area contributed by atoms with Crippen LogP contribution >= 0.6 is 23.2 Å². The van der Waals surface area contributed by atoms with Crippen molar-refractivity contribution in [1.82, 2.24) is 0 Å². The molecule has 2 aromatic rings. The number of aryl methyl sites for hydroxylation is 3. The Morgan fingerprint density at radius 1 is 1.09 bits per heavy atom. The maximum absolute atomic E-state index is 12.2. The second kappa shape index (κ2) is 7.66. The second-order valence-electron chi connectivity index (χ2n) is 5.22. The van der Waals surface area contributed by atoms with Crippen molar-refractivity contribution in [3.63, 3.8) is 0 Å². The Labute approximate surface area is 141 Å². The minimum atomic E-state index is -0.0138. The maximum Gasteiger partial charge on any atom is 0.224 e. The van der Waals surface area contributed by atoms with E-state index in [9.17, 15) is 4.79 Å². The molecule has 0 spiro atoms. The van der Waals surface area contributed by atoms with Crippen molar-refractivity contribution in [1.29, 1.82) is 0 Å². The molecule has 116 valence electrons. The predicted molar refractivity (Wildman–Crippen MR) is 94.0 cm³/mol. The molecule has 0 aliphatic rings. The van der Waals surface area contributed by atoms with Crippen LogP contribution in [0.1, 0.15) is 30.0 Å². The monoisotopic (exact) mass is 335 g/mol. The summed E-state index contributed by atoms with van der Waals surface area (Å²) in [7, 11) is 0. The fourth-order valence-electron chi connectivity index (χ4n) is 2.39. The van der Waals surface area contributed by atoms with Gasteiger partial charge in [0.05, 0.1) is 10.0 Å². The average Bonchev–Trinajstić information content (AvgIpc) is 2.50. The number of para-hydroxylation sites is 1. The third-order valence-electron chi connectivity index (χ3n) is 3.66. The molecule has 0 heterocycles. The minimum Gasteiger partial charge on any atom is -0.326 e. The first kappa shape index (κ1) is 16.9. The molecule has 0 bridgehead atoms. The fourth-order valence-corrected chi connectivity index (χ4v) is 2.81. The third kappa shape index (κ3) is 4.02. The third-order valence-corrected chi connectivity index (χ3v) is 4.52. The summed E-state index contributed by atoms with van der Waals surface area (Å²) in [6, 6.07) is 11.5. The lowest BCUT2D eigenvalue weighted by molar-refractivity contribution is -0.116. The van der Waals surface area contributed by atoms with E-state index >= 15 is 0 Å². The number of halogens is 2. The van der Waals surface area contributed by atoms with Crippen molar-refractivity contribution in [2.24, 2.45) is 0 Å². The predicted octanol–water partition coefficient (Wildman–Crippen LogP) is 5.44. The number of amides is 1. The van der Waals surface area contributed by atoms with Gasteiger partial charge >= 0.3 is 0 Å². The summed E-state index contributed by atoms with van der Waals surface area (Å²) in [4.78, 5) is 12.2. The largest absolute Gasteiger partial charge is 0.326 e.